The summed E-state index contributed by atoms with van der Waals surface area (Å²) in [5.74, 6) is 2.15. The van der Waals surface area contributed by atoms with Crippen molar-refractivity contribution in [3.63, 3.8) is 0 Å². The van der Waals surface area contributed by atoms with Crippen molar-refractivity contribution in [2.45, 2.75) is 68.3 Å². The van der Waals surface area contributed by atoms with Crippen molar-refractivity contribution in [3.8, 4) is 0 Å². The number of amides is 3. The number of nitrogens with one attached hydrogen (secondary N) is 3. The fourth-order valence-corrected chi connectivity index (χ4v) is 6.87. The zero-order valence-corrected chi connectivity index (χ0v) is 19.1. The minimum atomic E-state index is -3.24. The van der Waals surface area contributed by atoms with Gasteiger partial charge in [-0.05, 0) is 80.9 Å². The van der Waals surface area contributed by atoms with Gasteiger partial charge in [-0.1, -0.05) is 12.1 Å². The molecule has 0 unspecified atom stereocenters. The van der Waals surface area contributed by atoms with Gasteiger partial charge in [0.05, 0.1) is 10.9 Å². The molecule has 170 valence electrons. The molecule has 0 heterocycles. The van der Waals surface area contributed by atoms with Crippen LogP contribution >= 0.6 is 0 Å². The molecule has 0 aromatic heterocycles. The summed E-state index contributed by atoms with van der Waals surface area (Å²) >= 11 is 0. The van der Waals surface area contributed by atoms with Gasteiger partial charge in [-0.3, -0.25) is 4.79 Å². The van der Waals surface area contributed by atoms with Crippen LogP contribution in [-0.4, -0.2) is 38.7 Å². The summed E-state index contributed by atoms with van der Waals surface area (Å²) < 4.78 is 23.1. The highest BCUT2D eigenvalue weighted by Gasteiger charge is 2.51. The molecule has 3 amide bonds. The van der Waals surface area contributed by atoms with Crippen LogP contribution in [0, 0.1) is 17.8 Å². The monoisotopic (exact) mass is 447 g/mol. The first-order valence-electron chi connectivity index (χ1n) is 11.3. The first-order chi connectivity index (χ1) is 14.6. The molecule has 4 bridgehead atoms. The van der Waals surface area contributed by atoms with Crippen molar-refractivity contribution >= 4 is 21.8 Å². The number of hydrogen-bond donors (Lipinski definition) is 3. The second kappa shape index (κ2) is 8.45. The van der Waals surface area contributed by atoms with Crippen molar-refractivity contribution in [1.82, 2.24) is 16.0 Å². The number of hydrogen-bond acceptors (Lipinski definition) is 4. The summed E-state index contributed by atoms with van der Waals surface area (Å²) in [7, 11) is -3.24. The summed E-state index contributed by atoms with van der Waals surface area (Å²) in [6.45, 7) is 2.13. The van der Waals surface area contributed by atoms with E-state index in [1.54, 1.807) is 24.3 Å². The summed E-state index contributed by atoms with van der Waals surface area (Å²) in [6.07, 6.45) is 8.65. The van der Waals surface area contributed by atoms with Crippen molar-refractivity contribution in [3.05, 3.63) is 29.8 Å². The van der Waals surface area contributed by atoms with E-state index in [-0.39, 0.29) is 41.4 Å². The summed E-state index contributed by atoms with van der Waals surface area (Å²) in [4.78, 5) is 25.0. The van der Waals surface area contributed by atoms with Crippen molar-refractivity contribution in [2.75, 3.05) is 12.8 Å². The lowest BCUT2D eigenvalue weighted by atomic mass is 9.53. The maximum atomic E-state index is 12.5. The summed E-state index contributed by atoms with van der Waals surface area (Å²) in [5, 5.41) is 8.99. The van der Waals surface area contributed by atoms with Crippen LogP contribution in [-0.2, 0) is 14.6 Å². The van der Waals surface area contributed by atoms with E-state index in [4.69, 9.17) is 0 Å². The number of benzene rings is 1. The van der Waals surface area contributed by atoms with Crippen LogP contribution in [0.1, 0.15) is 63.5 Å². The Morgan fingerprint density at radius 3 is 2.10 bits per heavy atom. The fourth-order valence-electron chi connectivity index (χ4n) is 6.24. The van der Waals surface area contributed by atoms with Crippen LogP contribution in [0.5, 0.6) is 0 Å². The first kappa shape index (κ1) is 22.1. The third kappa shape index (κ3) is 5.22. The standard InChI is InChI=1S/C23H33N3O4S/c1-15(19-3-5-20(6-4-19)31(2,29)30)25-21(27)7-8-24-22(28)26-23-12-16-9-17(13-23)11-18(10-16)14-23/h3-6,15-18H,7-14H2,1-2H3,(H,25,27)(H2,24,26,28)/t15-,16?,17?,18?,23?/m1/s1. The predicted molar refractivity (Wildman–Crippen MR) is 118 cm³/mol. The Balaban J connectivity index is 1.20. The second-order valence-electron chi connectivity index (χ2n) is 9.96. The van der Waals surface area contributed by atoms with Gasteiger partial charge in [-0.25, -0.2) is 13.2 Å². The van der Waals surface area contributed by atoms with Crippen molar-refractivity contribution in [1.29, 1.82) is 0 Å². The van der Waals surface area contributed by atoms with Gasteiger partial charge in [-0.15, -0.1) is 0 Å². The Hall–Kier alpha value is -2.09. The van der Waals surface area contributed by atoms with E-state index in [0.717, 1.165) is 42.6 Å². The Morgan fingerprint density at radius 2 is 1.58 bits per heavy atom. The highest BCUT2D eigenvalue weighted by molar-refractivity contribution is 7.90. The molecule has 8 heteroatoms. The van der Waals surface area contributed by atoms with E-state index in [9.17, 15) is 18.0 Å². The van der Waals surface area contributed by atoms with Crippen LogP contribution in [0.3, 0.4) is 0 Å². The molecule has 31 heavy (non-hydrogen) atoms. The quantitative estimate of drug-likeness (QED) is 0.598. The SMILES string of the molecule is C[C@@H](NC(=O)CCNC(=O)NC12CC3CC(CC(C3)C1)C2)c1ccc(S(C)(=O)=O)cc1. The molecule has 0 aliphatic heterocycles. The van der Waals surface area contributed by atoms with E-state index in [2.05, 4.69) is 16.0 Å². The van der Waals surface area contributed by atoms with Crippen LogP contribution in [0.15, 0.2) is 29.2 Å². The third-order valence-electron chi connectivity index (χ3n) is 7.24. The van der Waals surface area contributed by atoms with Gasteiger partial charge in [0.25, 0.3) is 0 Å². The van der Waals surface area contributed by atoms with E-state index < -0.39 is 9.84 Å². The minimum Gasteiger partial charge on any atom is -0.350 e. The second-order valence-corrected chi connectivity index (χ2v) is 12.0. The molecule has 1 aromatic rings. The molecule has 1 atom stereocenters. The number of rotatable bonds is 7. The Bertz CT molecular complexity index is 907. The number of sulfone groups is 1. The maximum Gasteiger partial charge on any atom is 0.315 e. The smallest absolute Gasteiger partial charge is 0.315 e. The topological polar surface area (TPSA) is 104 Å². The highest BCUT2D eigenvalue weighted by atomic mass is 32.2. The molecule has 0 saturated heterocycles. The maximum absolute atomic E-state index is 12.5. The molecule has 1 aromatic carbocycles. The van der Waals surface area contributed by atoms with E-state index in [1.807, 2.05) is 6.92 Å². The van der Waals surface area contributed by atoms with E-state index >= 15 is 0 Å². The summed E-state index contributed by atoms with van der Waals surface area (Å²) in [5.41, 5.74) is 0.793. The lowest BCUT2D eigenvalue weighted by Gasteiger charge is -2.56. The average molecular weight is 448 g/mol. The summed E-state index contributed by atoms with van der Waals surface area (Å²) in [6, 6.07) is 6.09. The molecule has 0 spiro atoms. The molecule has 4 aliphatic carbocycles. The molecular formula is C23H33N3O4S. The van der Waals surface area contributed by atoms with Crippen LogP contribution < -0.4 is 16.0 Å². The Labute approximate surface area is 184 Å². The normalized spacial score (nSPS) is 29.9. The molecule has 7 nitrogen and oxygen atoms in total. The number of urea groups is 1. The predicted octanol–water partition coefficient (Wildman–Crippen LogP) is 2.93. The number of carbonyl (C=O) groups is 2. The Kier molecular flexibility index (Phi) is 6.03. The zero-order valence-electron chi connectivity index (χ0n) is 18.3. The number of carbonyl (C=O) groups excluding carboxylic acids is 2. The highest BCUT2D eigenvalue weighted by Crippen LogP contribution is 2.55. The van der Waals surface area contributed by atoms with Crippen LogP contribution in [0.2, 0.25) is 0 Å². The third-order valence-corrected chi connectivity index (χ3v) is 8.37. The van der Waals surface area contributed by atoms with Gasteiger partial charge in [-0.2, -0.15) is 0 Å². The van der Waals surface area contributed by atoms with Gasteiger partial charge in [0.1, 0.15) is 0 Å². The minimum absolute atomic E-state index is 0.0340. The molecule has 4 fully saturated rings. The fraction of sp³-hybridized carbons (Fsp3) is 0.652. The van der Waals surface area contributed by atoms with Gasteiger partial charge in [0.15, 0.2) is 9.84 Å². The van der Waals surface area contributed by atoms with E-state index in [1.165, 1.54) is 25.5 Å². The van der Waals surface area contributed by atoms with Gasteiger partial charge < -0.3 is 16.0 Å². The van der Waals surface area contributed by atoms with Crippen LogP contribution in [0.4, 0.5) is 4.79 Å². The lowest BCUT2D eigenvalue weighted by Crippen LogP contribution is -2.61. The van der Waals surface area contributed by atoms with E-state index in [0.29, 0.717) is 0 Å². The van der Waals surface area contributed by atoms with Crippen molar-refractivity contribution < 1.29 is 18.0 Å². The molecule has 4 aliphatic rings. The largest absolute Gasteiger partial charge is 0.350 e. The lowest BCUT2D eigenvalue weighted by molar-refractivity contribution is -0.121. The Morgan fingerprint density at radius 1 is 1.03 bits per heavy atom. The average Bonchev–Trinajstić information content (AvgIpc) is 2.65. The molecule has 4 saturated carbocycles. The van der Waals surface area contributed by atoms with Gasteiger partial charge in [0, 0.05) is 24.8 Å². The van der Waals surface area contributed by atoms with Crippen LogP contribution in [0.25, 0.3) is 0 Å². The van der Waals surface area contributed by atoms with Gasteiger partial charge in [0.2, 0.25) is 5.91 Å². The van der Waals surface area contributed by atoms with Gasteiger partial charge >= 0.3 is 6.03 Å². The molecule has 3 N–H and O–H groups in total. The zero-order chi connectivity index (χ0) is 22.2. The molecule has 5 rings (SSSR count). The molecular weight excluding hydrogens is 414 g/mol. The van der Waals surface area contributed by atoms with Crippen molar-refractivity contribution in [2.24, 2.45) is 17.8 Å². The molecule has 0 radical (unpaired) electrons. The first-order valence-corrected chi connectivity index (χ1v) is 13.2.